The summed E-state index contributed by atoms with van der Waals surface area (Å²) in [5.74, 6) is -2.73. The molecular formula is C20H23N3O5. The number of likely N-dealkylation sites (tertiary alicyclic amines) is 1. The van der Waals surface area contributed by atoms with Crippen LogP contribution in [0.4, 0.5) is 5.69 Å². The van der Waals surface area contributed by atoms with E-state index in [0.717, 1.165) is 12.8 Å². The number of amides is 3. The van der Waals surface area contributed by atoms with E-state index < -0.39 is 29.5 Å². The molecule has 4 heterocycles. The monoisotopic (exact) mass is 385 g/mol. The number of carbonyl (C=O) groups excluding carboxylic acids is 3. The minimum absolute atomic E-state index is 0.162. The molecule has 8 heteroatoms. The molecule has 0 bridgehead atoms. The van der Waals surface area contributed by atoms with Crippen molar-refractivity contribution < 1.29 is 24.2 Å². The fourth-order valence-electron chi connectivity index (χ4n) is 5.33. The Morgan fingerprint density at radius 2 is 2.07 bits per heavy atom. The third-order valence-electron chi connectivity index (χ3n) is 6.58. The van der Waals surface area contributed by atoms with Gasteiger partial charge < -0.3 is 15.2 Å². The summed E-state index contributed by atoms with van der Waals surface area (Å²) in [5.41, 5.74) is -0.0675. The van der Waals surface area contributed by atoms with E-state index in [-0.39, 0.29) is 30.4 Å². The highest BCUT2D eigenvalue weighted by atomic mass is 16.5. The molecule has 3 saturated heterocycles. The van der Waals surface area contributed by atoms with Crippen LogP contribution >= 0.6 is 0 Å². The molecule has 28 heavy (non-hydrogen) atoms. The molecule has 4 aliphatic heterocycles. The highest BCUT2D eigenvalue weighted by molar-refractivity contribution is 6.15. The zero-order valence-electron chi connectivity index (χ0n) is 15.6. The number of rotatable bonds is 3. The van der Waals surface area contributed by atoms with Crippen molar-refractivity contribution in [3.63, 3.8) is 0 Å². The average molecular weight is 385 g/mol. The molecule has 0 radical (unpaired) electrons. The van der Waals surface area contributed by atoms with Crippen LogP contribution in [0.3, 0.4) is 0 Å². The van der Waals surface area contributed by atoms with E-state index in [4.69, 9.17) is 4.74 Å². The summed E-state index contributed by atoms with van der Waals surface area (Å²) < 4.78 is 5.61. The Labute approximate surface area is 162 Å². The topological polar surface area (TPSA) is 108 Å². The lowest BCUT2D eigenvalue weighted by Gasteiger charge is -2.30. The second kappa shape index (κ2) is 6.10. The van der Waals surface area contributed by atoms with Crippen molar-refractivity contribution in [2.24, 2.45) is 11.8 Å². The van der Waals surface area contributed by atoms with Crippen molar-refractivity contribution >= 4 is 23.4 Å². The molecule has 0 aromatic heterocycles. The number of nitrogens with one attached hydrogen (secondary N) is 2. The van der Waals surface area contributed by atoms with Crippen LogP contribution in [-0.4, -0.2) is 59.1 Å². The number of para-hydroxylation sites is 1. The molecule has 4 aliphatic rings. The van der Waals surface area contributed by atoms with Gasteiger partial charge in [-0.25, -0.2) is 0 Å². The fraction of sp³-hybridized carbons (Fsp3) is 0.550. The first kappa shape index (κ1) is 17.8. The number of imide groups is 1. The highest BCUT2D eigenvalue weighted by Gasteiger charge is 2.71. The van der Waals surface area contributed by atoms with Crippen molar-refractivity contribution in [1.29, 1.82) is 0 Å². The first-order chi connectivity index (χ1) is 13.4. The molecule has 3 N–H and O–H groups in total. The van der Waals surface area contributed by atoms with Crippen LogP contribution in [0.25, 0.3) is 0 Å². The lowest BCUT2D eigenvalue weighted by atomic mass is 9.76. The van der Waals surface area contributed by atoms with E-state index in [0.29, 0.717) is 17.9 Å². The molecule has 0 aliphatic carbocycles. The number of hydrogen-bond donors (Lipinski definition) is 3. The van der Waals surface area contributed by atoms with Crippen LogP contribution in [0.15, 0.2) is 24.3 Å². The minimum atomic E-state index is -1.35. The summed E-state index contributed by atoms with van der Waals surface area (Å²) in [5, 5.41) is 16.4. The van der Waals surface area contributed by atoms with E-state index in [1.54, 1.807) is 25.1 Å². The molecule has 3 fully saturated rings. The van der Waals surface area contributed by atoms with Gasteiger partial charge in [-0.2, -0.15) is 0 Å². The summed E-state index contributed by atoms with van der Waals surface area (Å²) in [4.78, 5) is 41.0. The van der Waals surface area contributed by atoms with Crippen molar-refractivity contribution in [3.05, 3.63) is 29.8 Å². The Balaban J connectivity index is 1.59. The normalized spacial score (nSPS) is 37.5. The van der Waals surface area contributed by atoms with Crippen LogP contribution in [0, 0.1) is 11.8 Å². The fourth-order valence-corrected chi connectivity index (χ4v) is 5.33. The zero-order chi connectivity index (χ0) is 19.6. The number of anilines is 1. The van der Waals surface area contributed by atoms with Crippen molar-refractivity contribution in [1.82, 2.24) is 10.2 Å². The van der Waals surface area contributed by atoms with Gasteiger partial charge >= 0.3 is 0 Å². The van der Waals surface area contributed by atoms with Gasteiger partial charge in [0.25, 0.3) is 0 Å². The van der Waals surface area contributed by atoms with Crippen molar-refractivity contribution in [3.8, 4) is 0 Å². The highest BCUT2D eigenvalue weighted by Crippen LogP contribution is 2.53. The predicted molar refractivity (Wildman–Crippen MR) is 98.0 cm³/mol. The standard InChI is InChI=1S/C20H23N3O5/c1-10(24)16-14-15(18(26)23(17(14)25)9-11-5-4-8-28-11)20(22-16)12-6-2-3-7-13(12)21-19(20)27/h2-3,6-7,10-11,14-16,22,24H,4-5,8-9H2,1H3,(H,21,27). The van der Waals surface area contributed by atoms with Gasteiger partial charge in [-0.15, -0.1) is 0 Å². The van der Waals surface area contributed by atoms with E-state index in [9.17, 15) is 19.5 Å². The number of hydrogen-bond acceptors (Lipinski definition) is 6. The van der Waals surface area contributed by atoms with Gasteiger partial charge in [0, 0.05) is 23.9 Å². The lowest BCUT2D eigenvalue weighted by molar-refractivity contribution is -0.144. The molecule has 1 aromatic carbocycles. The van der Waals surface area contributed by atoms with Crippen LogP contribution in [0.2, 0.25) is 0 Å². The summed E-state index contributed by atoms with van der Waals surface area (Å²) in [6.07, 6.45) is 0.654. The Bertz CT molecular complexity index is 865. The van der Waals surface area contributed by atoms with Crippen LogP contribution < -0.4 is 10.6 Å². The minimum Gasteiger partial charge on any atom is -0.392 e. The maximum Gasteiger partial charge on any atom is 0.250 e. The van der Waals surface area contributed by atoms with Crippen LogP contribution in [0.5, 0.6) is 0 Å². The van der Waals surface area contributed by atoms with Gasteiger partial charge in [0.2, 0.25) is 17.7 Å². The molecule has 1 spiro atoms. The summed E-state index contributed by atoms with van der Waals surface area (Å²) in [6.45, 7) is 2.41. The maximum absolute atomic E-state index is 13.4. The molecule has 5 rings (SSSR count). The maximum atomic E-state index is 13.4. The molecule has 6 unspecified atom stereocenters. The van der Waals surface area contributed by atoms with E-state index in [1.807, 2.05) is 6.07 Å². The molecule has 0 saturated carbocycles. The summed E-state index contributed by atoms with van der Waals surface area (Å²) in [7, 11) is 0. The third kappa shape index (κ3) is 2.19. The van der Waals surface area contributed by atoms with Gasteiger partial charge in [-0.3, -0.25) is 24.6 Å². The number of aliphatic hydroxyl groups excluding tert-OH is 1. The SMILES string of the molecule is CC(O)C1NC2(C(=O)Nc3ccccc32)C2C(=O)N(CC3CCCO3)C(=O)C12. The molecule has 1 aromatic rings. The predicted octanol–water partition coefficient (Wildman–Crippen LogP) is -0.0332. The number of fused-ring (bicyclic) bond motifs is 4. The number of ether oxygens (including phenoxy) is 1. The second-order valence-corrected chi connectivity index (χ2v) is 8.14. The van der Waals surface area contributed by atoms with Gasteiger partial charge in [0.1, 0.15) is 5.54 Å². The van der Waals surface area contributed by atoms with Crippen LogP contribution in [0.1, 0.15) is 25.3 Å². The second-order valence-electron chi connectivity index (χ2n) is 8.14. The Morgan fingerprint density at radius 1 is 1.29 bits per heavy atom. The van der Waals surface area contributed by atoms with Gasteiger partial charge in [0.05, 0.1) is 30.6 Å². The van der Waals surface area contributed by atoms with E-state index in [1.165, 1.54) is 4.90 Å². The number of benzene rings is 1. The molecule has 3 amide bonds. The number of nitrogens with zero attached hydrogens (tertiary/aromatic N) is 1. The quantitative estimate of drug-likeness (QED) is 0.631. The average Bonchev–Trinajstić information content (AvgIpc) is 3.41. The zero-order valence-corrected chi connectivity index (χ0v) is 15.6. The molecule has 148 valence electrons. The Kier molecular flexibility index (Phi) is 3.88. The Morgan fingerprint density at radius 3 is 2.79 bits per heavy atom. The largest absolute Gasteiger partial charge is 0.392 e. The molecule has 8 nitrogen and oxygen atoms in total. The van der Waals surface area contributed by atoms with Crippen molar-refractivity contribution in [2.45, 2.75) is 43.6 Å². The van der Waals surface area contributed by atoms with Gasteiger partial charge in [-0.1, -0.05) is 18.2 Å². The molecule has 6 atom stereocenters. The van der Waals surface area contributed by atoms with Crippen molar-refractivity contribution in [2.75, 3.05) is 18.5 Å². The number of carbonyl (C=O) groups is 3. The summed E-state index contributed by atoms with van der Waals surface area (Å²) >= 11 is 0. The lowest BCUT2D eigenvalue weighted by Crippen LogP contribution is -2.55. The Hall–Kier alpha value is -2.29. The summed E-state index contributed by atoms with van der Waals surface area (Å²) in [6, 6.07) is 6.50. The third-order valence-corrected chi connectivity index (χ3v) is 6.58. The first-order valence-corrected chi connectivity index (χ1v) is 9.78. The smallest absolute Gasteiger partial charge is 0.250 e. The van der Waals surface area contributed by atoms with Crippen LogP contribution in [-0.2, 0) is 24.7 Å². The van der Waals surface area contributed by atoms with E-state index in [2.05, 4.69) is 10.6 Å². The first-order valence-electron chi connectivity index (χ1n) is 9.78. The number of aliphatic hydroxyl groups is 1. The van der Waals surface area contributed by atoms with Gasteiger partial charge in [0.15, 0.2) is 0 Å². The van der Waals surface area contributed by atoms with Gasteiger partial charge in [-0.05, 0) is 25.8 Å². The molecular weight excluding hydrogens is 362 g/mol. The van der Waals surface area contributed by atoms with E-state index >= 15 is 0 Å².